The molecule has 0 amide bonds. The minimum atomic E-state index is -2.34. The van der Waals surface area contributed by atoms with Gasteiger partial charge in [-0.1, -0.05) is 0 Å². The van der Waals surface area contributed by atoms with Gasteiger partial charge in [0.25, 0.3) is 0 Å². The zero-order valence-electron chi connectivity index (χ0n) is 18.2. The van der Waals surface area contributed by atoms with E-state index in [1.54, 1.807) is 0 Å². The first-order valence-corrected chi connectivity index (χ1v) is 16.4. The van der Waals surface area contributed by atoms with Crippen LogP contribution in [0.2, 0.25) is 17.3 Å². The predicted octanol–water partition coefficient (Wildman–Crippen LogP) is 5.34. The molecule has 0 radical (unpaired) electrons. The summed E-state index contributed by atoms with van der Waals surface area (Å²) < 4.78 is 19.3. The first-order chi connectivity index (χ1) is 13.1. The molecule has 0 aliphatic heterocycles. The van der Waals surface area contributed by atoms with Crippen molar-refractivity contribution in [2.45, 2.75) is 43.4 Å². The zero-order valence-corrected chi connectivity index (χ0v) is 18.3. The van der Waals surface area contributed by atoms with Crippen LogP contribution in [0.1, 0.15) is 32.5 Å². The molecular formula is C23H28GeN2. The topological polar surface area (TPSA) is 25.8 Å². The van der Waals surface area contributed by atoms with Crippen molar-refractivity contribution in [3.63, 3.8) is 0 Å². The van der Waals surface area contributed by atoms with Crippen LogP contribution in [-0.2, 0) is 6.37 Å². The number of pyridine rings is 2. The van der Waals surface area contributed by atoms with Crippen LogP contribution < -0.4 is 4.40 Å². The summed E-state index contributed by atoms with van der Waals surface area (Å²) in [6.07, 6.45) is 0.382. The van der Waals surface area contributed by atoms with Crippen LogP contribution in [0.3, 0.4) is 0 Å². The number of benzene rings is 1. The normalized spacial score (nSPS) is 14.5. The molecule has 3 heteroatoms. The Morgan fingerprint density at radius 1 is 1.04 bits per heavy atom. The molecule has 3 aromatic rings. The molecule has 0 saturated heterocycles. The van der Waals surface area contributed by atoms with E-state index in [1.165, 1.54) is 0 Å². The predicted molar refractivity (Wildman–Crippen MR) is 114 cm³/mol. The third-order valence-corrected chi connectivity index (χ3v) is 8.73. The van der Waals surface area contributed by atoms with Crippen LogP contribution in [0.5, 0.6) is 0 Å². The van der Waals surface area contributed by atoms with Gasteiger partial charge >= 0.3 is 163 Å². The van der Waals surface area contributed by atoms with Crippen molar-refractivity contribution < 1.29 is 2.74 Å². The Balaban J connectivity index is 2.16. The Hall–Kier alpha value is -1.94. The van der Waals surface area contributed by atoms with Gasteiger partial charge in [-0.3, -0.25) is 0 Å². The molecule has 0 aliphatic rings. The molecule has 1 atom stereocenters. The summed E-state index contributed by atoms with van der Waals surface area (Å²) in [7, 11) is 0. The number of aryl methyl sites for hydroxylation is 1. The monoisotopic (exact) mass is 408 g/mol. The van der Waals surface area contributed by atoms with E-state index in [0.29, 0.717) is 0 Å². The Morgan fingerprint density at radius 2 is 1.77 bits per heavy atom. The minimum absolute atomic E-state index is 0.359. The Kier molecular flexibility index (Phi) is 4.84. The number of nitrogens with zero attached hydrogens (tertiary/aromatic N) is 2. The molecule has 0 spiro atoms. The average Bonchev–Trinajstić information content (AvgIpc) is 2.67. The third-order valence-electron chi connectivity index (χ3n) is 4.51. The van der Waals surface area contributed by atoms with Gasteiger partial charge in [0.2, 0.25) is 0 Å². The fourth-order valence-corrected chi connectivity index (χ4v) is 6.00. The second-order valence-corrected chi connectivity index (χ2v) is 18.4. The third kappa shape index (κ3) is 4.42. The van der Waals surface area contributed by atoms with Gasteiger partial charge in [0.1, 0.15) is 0 Å². The Bertz CT molecular complexity index is 966. The van der Waals surface area contributed by atoms with Gasteiger partial charge in [-0.2, -0.15) is 0 Å². The van der Waals surface area contributed by atoms with Crippen molar-refractivity contribution in [1.29, 1.82) is 0 Å². The average molecular weight is 407 g/mol. The van der Waals surface area contributed by atoms with E-state index >= 15 is 0 Å². The van der Waals surface area contributed by atoms with Gasteiger partial charge in [0.05, 0.1) is 0 Å². The molecular weight excluding hydrogens is 377 g/mol. The van der Waals surface area contributed by atoms with E-state index < -0.39 is 19.6 Å². The summed E-state index contributed by atoms with van der Waals surface area (Å²) in [5, 5.41) is 0. The van der Waals surface area contributed by atoms with Gasteiger partial charge in [0, 0.05) is 0 Å². The molecule has 1 unspecified atom stereocenters. The van der Waals surface area contributed by atoms with E-state index in [1.807, 2.05) is 74.6 Å². The van der Waals surface area contributed by atoms with Crippen molar-refractivity contribution in [3.05, 3.63) is 77.7 Å². The van der Waals surface area contributed by atoms with E-state index in [2.05, 4.69) is 22.3 Å². The van der Waals surface area contributed by atoms with E-state index in [9.17, 15) is 0 Å². The molecule has 26 heavy (non-hydrogen) atoms. The molecule has 0 aliphatic carbocycles. The summed E-state index contributed by atoms with van der Waals surface area (Å²) in [6.45, 7) is 3.88. The molecule has 1 aromatic carbocycles. The number of hydrogen-bond acceptors (Lipinski definition) is 2. The summed E-state index contributed by atoms with van der Waals surface area (Å²) in [5.41, 5.74) is 4.29. The van der Waals surface area contributed by atoms with Crippen molar-refractivity contribution in [1.82, 2.24) is 9.97 Å². The summed E-state index contributed by atoms with van der Waals surface area (Å²) >= 11 is -2.34. The molecule has 0 N–H and O–H groups in total. The molecule has 0 fully saturated rings. The van der Waals surface area contributed by atoms with E-state index in [0.717, 1.165) is 32.6 Å². The summed E-state index contributed by atoms with van der Waals surface area (Å²) in [4.78, 5) is 9.30. The maximum absolute atomic E-state index is 9.09. The molecule has 0 bridgehead atoms. The van der Waals surface area contributed by atoms with Crippen molar-refractivity contribution in [2.75, 3.05) is 0 Å². The standard InChI is InChI=1S/C23H28GeN2/c1-17(22-13-9-10-18(2)26-22)14-20-15-23(19-11-7-6-8-12-19)25-16-21(20)24(3,4)5/h6-13,15-17H,14H2,1-5H3/i14D2. The first kappa shape index (κ1) is 16.3. The second kappa shape index (κ2) is 7.75. The SMILES string of the molecule is [2H]C([2H])(c1cc(-c2ccccc2)nc[c]1[Ge]([CH3])([CH3])[CH3])C(C)c1cccc(C)n1. The Morgan fingerprint density at radius 3 is 2.42 bits per heavy atom. The van der Waals surface area contributed by atoms with Gasteiger partial charge in [-0.15, -0.1) is 0 Å². The summed E-state index contributed by atoms with van der Waals surface area (Å²) in [5.74, 6) is 6.50. The maximum atomic E-state index is 9.09. The fourth-order valence-electron chi connectivity index (χ4n) is 3.05. The molecule has 2 nitrogen and oxygen atoms in total. The van der Waals surface area contributed by atoms with Crippen LogP contribution in [0.25, 0.3) is 11.3 Å². The van der Waals surface area contributed by atoms with Crippen molar-refractivity contribution >= 4 is 17.7 Å². The molecule has 3 rings (SSSR count). The van der Waals surface area contributed by atoms with Gasteiger partial charge in [-0.25, -0.2) is 0 Å². The van der Waals surface area contributed by atoms with E-state index in [-0.39, 0.29) is 5.92 Å². The zero-order chi connectivity index (χ0) is 20.5. The van der Waals surface area contributed by atoms with Crippen LogP contribution in [0.4, 0.5) is 0 Å². The van der Waals surface area contributed by atoms with Crippen molar-refractivity contribution in [3.8, 4) is 11.3 Å². The number of rotatable bonds is 5. The quantitative estimate of drug-likeness (QED) is 0.534. The second-order valence-electron chi connectivity index (χ2n) is 7.80. The number of hydrogen-bond donors (Lipinski definition) is 0. The first-order valence-electron chi connectivity index (χ1n) is 10.1. The summed E-state index contributed by atoms with van der Waals surface area (Å²) in [6, 6.07) is 17.8. The molecule has 0 saturated carbocycles. The van der Waals surface area contributed by atoms with Gasteiger partial charge in [0.15, 0.2) is 0 Å². The van der Waals surface area contributed by atoms with Crippen LogP contribution in [0.15, 0.2) is 60.8 Å². The van der Waals surface area contributed by atoms with Gasteiger partial charge in [-0.05, 0) is 0 Å². The number of aromatic nitrogens is 2. The van der Waals surface area contributed by atoms with Crippen LogP contribution >= 0.6 is 0 Å². The van der Waals surface area contributed by atoms with Gasteiger partial charge < -0.3 is 0 Å². The van der Waals surface area contributed by atoms with Crippen molar-refractivity contribution in [2.24, 2.45) is 0 Å². The van der Waals surface area contributed by atoms with Crippen LogP contribution in [0, 0.1) is 6.92 Å². The molecule has 2 aromatic heterocycles. The fraction of sp³-hybridized carbons (Fsp3) is 0.304. The molecule has 134 valence electrons. The molecule has 2 heterocycles. The Labute approximate surface area is 162 Å². The van der Waals surface area contributed by atoms with Crippen LogP contribution in [-0.4, -0.2) is 23.2 Å². The van der Waals surface area contributed by atoms with E-state index in [4.69, 9.17) is 7.73 Å².